The van der Waals surface area contributed by atoms with Crippen molar-refractivity contribution >= 4 is 40.7 Å². The monoisotopic (exact) mass is 639 g/mol. The summed E-state index contributed by atoms with van der Waals surface area (Å²) in [6, 6.07) is 24.0. The molecule has 3 fully saturated rings. The molecule has 0 aromatic heterocycles. The second kappa shape index (κ2) is 13.2. The number of para-hydroxylation sites is 2. The lowest BCUT2D eigenvalue weighted by Crippen LogP contribution is -2.59. The van der Waals surface area contributed by atoms with Gasteiger partial charge in [-0.05, 0) is 49.1 Å². The van der Waals surface area contributed by atoms with Gasteiger partial charge in [0.2, 0.25) is 11.8 Å². The molecule has 3 amide bonds. The second-order valence-electron chi connectivity index (χ2n) is 12.1. The SMILES string of the molecule is C=CCN(C(=O)[C@@H]1[C@H]2C(=O)N([C@@H](CO)Cc3ccccc3)C(C(=O)N(CC=C)c3ccccc3Cl)C23CC[C@H]1O3)c1ccccc1. The van der Waals surface area contributed by atoms with E-state index in [2.05, 4.69) is 13.2 Å². The number of anilines is 2. The van der Waals surface area contributed by atoms with E-state index in [0.29, 0.717) is 35.7 Å². The van der Waals surface area contributed by atoms with E-state index in [1.54, 1.807) is 41.3 Å². The Kier molecular flexibility index (Phi) is 9.13. The van der Waals surface area contributed by atoms with E-state index in [1.165, 1.54) is 9.80 Å². The molecule has 0 radical (unpaired) electrons. The molecule has 6 atom stereocenters. The van der Waals surface area contributed by atoms with E-state index >= 15 is 0 Å². The molecule has 0 saturated carbocycles. The van der Waals surface area contributed by atoms with Gasteiger partial charge in [0.15, 0.2) is 0 Å². The lowest BCUT2D eigenvalue weighted by molar-refractivity contribution is -0.144. The minimum absolute atomic E-state index is 0.136. The lowest BCUT2D eigenvalue weighted by atomic mass is 9.70. The second-order valence-corrected chi connectivity index (χ2v) is 12.5. The van der Waals surface area contributed by atoms with Crippen molar-refractivity contribution in [2.24, 2.45) is 11.8 Å². The largest absolute Gasteiger partial charge is 0.394 e. The Hall–Kier alpha value is -4.24. The lowest BCUT2D eigenvalue weighted by Gasteiger charge is -2.39. The van der Waals surface area contributed by atoms with E-state index in [-0.39, 0.29) is 31.5 Å². The van der Waals surface area contributed by atoms with Gasteiger partial charge in [0, 0.05) is 18.8 Å². The molecule has 3 heterocycles. The van der Waals surface area contributed by atoms with Crippen molar-refractivity contribution in [2.75, 3.05) is 29.5 Å². The van der Waals surface area contributed by atoms with Crippen molar-refractivity contribution in [3.05, 3.63) is 121 Å². The highest BCUT2D eigenvalue weighted by molar-refractivity contribution is 6.34. The van der Waals surface area contributed by atoms with Gasteiger partial charge in [-0.2, -0.15) is 0 Å². The number of likely N-dealkylation sites (tertiary alicyclic amines) is 1. The number of ether oxygens (including phenoxy) is 1. The van der Waals surface area contributed by atoms with Gasteiger partial charge in [-0.25, -0.2) is 0 Å². The molecular weight excluding hydrogens is 602 g/mol. The summed E-state index contributed by atoms with van der Waals surface area (Å²) in [5, 5.41) is 11.2. The first kappa shape index (κ1) is 31.7. The zero-order chi connectivity index (χ0) is 32.4. The molecule has 1 N–H and O–H groups in total. The third-order valence-electron chi connectivity index (χ3n) is 9.54. The Labute approximate surface area is 274 Å². The van der Waals surface area contributed by atoms with Crippen LogP contribution in [0.25, 0.3) is 0 Å². The summed E-state index contributed by atoms with van der Waals surface area (Å²) in [5.41, 5.74) is 0.808. The summed E-state index contributed by atoms with van der Waals surface area (Å²) >= 11 is 6.61. The van der Waals surface area contributed by atoms with Crippen molar-refractivity contribution in [3.63, 3.8) is 0 Å². The molecule has 3 aromatic carbocycles. The Morgan fingerprint density at radius 1 is 0.957 bits per heavy atom. The molecule has 2 unspecified atom stereocenters. The van der Waals surface area contributed by atoms with Crippen molar-refractivity contribution in [2.45, 2.75) is 43.1 Å². The predicted molar refractivity (Wildman–Crippen MR) is 178 cm³/mol. The van der Waals surface area contributed by atoms with Crippen LogP contribution < -0.4 is 9.80 Å². The molecule has 9 heteroatoms. The molecule has 46 heavy (non-hydrogen) atoms. The molecule has 6 rings (SSSR count). The molecule has 2 bridgehead atoms. The average Bonchev–Trinajstić information content (AvgIpc) is 3.73. The normalized spacial score (nSPS) is 25.2. The van der Waals surface area contributed by atoms with Gasteiger partial charge < -0.3 is 24.5 Å². The van der Waals surface area contributed by atoms with Crippen LogP contribution in [-0.4, -0.2) is 71.2 Å². The van der Waals surface area contributed by atoms with Crippen LogP contribution >= 0.6 is 11.6 Å². The van der Waals surface area contributed by atoms with Crippen LogP contribution in [0, 0.1) is 11.8 Å². The number of carbonyl (C=O) groups is 3. The van der Waals surface area contributed by atoms with Crippen LogP contribution in [0.3, 0.4) is 0 Å². The predicted octanol–water partition coefficient (Wildman–Crippen LogP) is 5.06. The first-order chi connectivity index (χ1) is 22.4. The highest BCUT2D eigenvalue weighted by Crippen LogP contribution is 2.59. The molecule has 8 nitrogen and oxygen atoms in total. The third kappa shape index (κ3) is 5.34. The van der Waals surface area contributed by atoms with Crippen LogP contribution in [0.2, 0.25) is 5.02 Å². The Morgan fingerprint density at radius 2 is 1.59 bits per heavy atom. The van der Waals surface area contributed by atoms with Gasteiger partial charge in [-0.3, -0.25) is 14.4 Å². The molecule has 3 saturated heterocycles. The van der Waals surface area contributed by atoms with Gasteiger partial charge >= 0.3 is 0 Å². The van der Waals surface area contributed by atoms with Gasteiger partial charge in [-0.15, -0.1) is 13.2 Å². The van der Waals surface area contributed by atoms with Gasteiger partial charge in [-0.1, -0.05) is 84.4 Å². The molecule has 1 spiro atoms. The number of aliphatic hydroxyl groups is 1. The van der Waals surface area contributed by atoms with E-state index in [9.17, 15) is 19.5 Å². The first-order valence-electron chi connectivity index (χ1n) is 15.6. The number of halogens is 1. The summed E-state index contributed by atoms with van der Waals surface area (Å²) in [6.45, 7) is 7.74. The van der Waals surface area contributed by atoms with Crippen LogP contribution in [0.4, 0.5) is 11.4 Å². The molecular formula is C37H38ClN3O5. The number of fused-ring (bicyclic) bond motifs is 1. The highest BCUT2D eigenvalue weighted by Gasteiger charge is 2.75. The quantitative estimate of drug-likeness (QED) is 0.280. The summed E-state index contributed by atoms with van der Waals surface area (Å²) in [4.78, 5) is 48.9. The standard InChI is InChI=1S/C37H38ClN3O5/c1-3-21-39(26-15-9-6-10-16-26)34(43)31-30-19-20-37(46-30)32(31)35(44)41(27(24-42)23-25-13-7-5-8-14-25)33(37)36(45)40(22-4-2)29-18-12-11-17-28(29)38/h3-18,27,30-33,42H,1-2,19-24H2/t27-,30-,31+,32+,33?,37?/m1/s1. The summed E-state index contributed by atoms with van der Waals surface area (Å²) < 4.78 is 6.73. The van der Waals surface area contributed by atoms with Crippen molar-refractivity contribution < 1.29 is 24.2 Å². The summed E-state index contributed by atoms with van der Waals surface area (Å²) in [7, 11) is 0. The molecule has 3 aliphatic heterocycles. The van der Waals surface area contributed by atoms with Crippen molar-refractivity contribution in [1.29, 1.82) is 0 Å². The molecule has 238 valence electrons. The van der Waals surface area contributed by atoms with E-state index in [4.69, 9.17) is 16.3 Å². The fraction of sp³-hybridized carbons (Fsp3) is 0.324. The van der Waals surface area contributed by atoms with Crippen molar-refractivity contribution in [1.82, 2.24) is 4.90 Å². The van der Waals surface area contributed by atoms with E-state index in [0.717, 1.165) is 5.56 Å². The van der Waals surface area contributed by atoms with Gasteiger partial charge in [0.25, 0.3) is 5.91 Å². The summed E-state index contributed by atoms with van der Waals surface area (Å²) in [6.07, 6.45) is 3.98. The maximum absolute atomic E-state index is 14.9. The minimum atomic E-state index is -1.26. The fourth-order valence-corrected chi connectivity index (χ4v) is 7.91. The number of amides is 3. The molecule has 3 aromatic rings. The van der Waals surface area contributed by atoms with Crippen molar-refractivity contribution in [3.8, 4) is 0 Å². The Morgan fingerprint density at radius 3 is 2.24 bits per heavy atom. The number of hydrogen-bond donors (Lipinski definition) is 1. The number of carbonyl (C=O) groups excluding carboxylic acids is 3. The van der Waals surface area contributed by atoms with Gasteiger partial charge in [0.05, 0.1) is 41.3 Å². The Balaban J connectivity index is 1.46. The smallest absolute Gasteiger partial charge is 0.253 e. The van der Waals surface area contributed by atoms with E-state index in [1.807, 2.05) is 60.7 Å². The molecule has 3 aliphatic rings. The average molecular weight is 640 g/mol. The Bertz CT molecular complexity index is 1620. The van der Waals surface area contributed by atoms with Crippen LogP contribution in [0.1, 0.15) is 18.4 Å². The number of nitrogens with zero attached hydrogens (tertiary/aromatic N) is 3. The number of benzene rings is 3. The summed E-state index contributed by atoms with van der Waals surface area (Å²) in [5.74, 6) is -2.73. The zero-order valence-corrected chi connectivity index (χ0v) is 26.3. The number of hydrogen-bond acceptors (Lipinski definition) is 5. The third-order valence-corrected chi connectivity index (χ3v) is 9.86. The van der Waals surface area contributed by atoms with Crippen LogP contribution in [0.5, 0.6) is 0 Å². The fourth-order valence-electron chi connectivity index (χ4n) is 7.68. The maximum Gasteiger partial charge on any atom is 0.253 e. The topological polar surface area (TPSA) is 90.4 Å². The maximum atomic E-state index is 14.9. The minimum Gasteiger partial charge on any atom is -0.394 e. The zero-order valence-electron chi connectivity index (χ0n) is 25.6. The highest BCUT2D eigenvalue weighted by atomic mass is 35.5. The molecule has 0 aliphatic carbocycles. The van der Waals surface area contributed by atoms with E-state index < -0.39 is 41.5 Å². The number of rotatable bonds is 12. The first-order valence-corrected chi connectivity index (χ1v) is 16.0. The number of aliphatic hydroxyl groups excluding tert-OH is 1. The van der Waals surface area contributed by atoms with Crippen LogP contribution in [-0.2, 0) is 25.5 Å². The van der Waals surface area contributed by atoms with Crippen LogP contribution in [0.15, 0.2) is 110 Å². The van der Waals surface area contributed by atoms with Gasteiger partial charge in [0.1, 0.15) is 11.6 Å².